The normalized spacial score (nSPS) is 18.1. The second-order valence-electron chi connectivity index (χ2n) is 5.00. The van der Waals surface area contributed by atoms with Gasteiger partial charge in [0, 0.05) is 12.6 Å². The lowest BCUT2D eigenvalue weighted by Gasteiger charge is -2.24. The van der Waals surface area contributed by atoms with Gasteiger partial charge in [0.1, 0.15) is 17.4 Å². The zero-order valence-corrected chi connectivity index (χ0v) is 10.8. The number of aromatic nitrogens is 1. The fourth-order valence-corrected chi connectivity index (χ4v) is 2.76. The van der Waals surface area contributed by atoms with E-state index < -0.39 is 0 Å². The Labute approximate surface area is 115 Å². The van der Waals surface area contributed by atoms with E-state index in [0.29, 0.717) is 17.0 Å². The van der Waals surface area contributed by atoms with E-state index in [1.165, 1.54) is 23.3 Å². The molecule has 0 saturated carbocycles. The van der Waals surface area contributed by atoms with Gasteiger partial charge in [-0.3, -0.25) is 0 Å². The molecule has 2 heterocycles. The van der Waals surface area contributed by atoms with Crippen LogP contribution in [0.4, 0.5) is 4.39 Å². The summed E-state index contributed by atoms with van der Waals surface area (Å²) in [5.74, 6) is 0.287. The Hall–Kier alpha value is -2.20. The Morgan fingerprint density at radius 3 is 3.05 bits per heavy atom. The topological polar surface area (TPSA) is 38.1 Å². The zero-order chi connectivity index (χ0) is 13.5. The number of fused-ring (bicyclic) bond motifs is 2. The summed E-state index contributed by atoms with van der Waals surface area (Å²) in [6.07, 6.45) is 1.00. The van der Waals surface area contributed by atoms with Gasteiger partial charge in [-0.05, 0) is 29.7 Å². The summed E-state index contributed by atoms with van der Waals surface area (Å²) in [5.41, 5.74) is 3.67. The molecule has 20 heavy (non-hydrogen) atoms. The lowest BCUT2D eigenvalue weighted by molar-refractivity contribution is 0.439. The standard InChI is InChI=1S/C16H13FN2O/c17-11-5-6-13-14(9-11)20-16(19-13)15-12-4-2-1-3-10(12)7-8-18-15/h1-6,9,15,18H,7-8H2. The van der Waals surface area contributed by atoms with Gasteiger partial charge in [0.2, 0.25) is 5.89 Å². The fraction of sp³-hybridized carbons (Fsp3) is 0.188. The lowest BCUT2D eigenvalue weighted by atomic mass is 9.94. The minimum absolute atomic E-state index is 0.0598. The number of hydrogen-bond acceptors (Lipinski definition) is 3. The van der Waals surface area contributed by atoms with Crippen LogP contribution >= 0.6 is 0 Å². The van der Waals surface area contributed by atoms with Gasteiger partial charge in [-0.1, -0.05) is 24.3 Å². The second kappa shape index (κ2) is 4.42. The maximum Gasteiger partial charge on any atom is 0.217 e. The summed E-state index contributed by atoms with van der Waals surface area (Å²) in [6.45, 7) is 0.884. The van der Waals surface area contributed by atoms with Crippen molar-refractivity contribution in [3.05, 3.63) is 65.3 Å². The monoisotopic (exact) mass is 268 g/mol. The van der Waals surface area contributed by atoms with Crippen molar-refractivity contribution in [2.45, 2.75) is 12.5 Å². The van der Waals surface area contributed by atoms with E-state index in [9.17, 15) is 4.39 Å². The van der Waals surface area contributed by atoms with Crippen molar-refractivity contribution in [3.8, 4) is 0 Å². The van der Waals surface area contributed by atoms with E-state index in [2.05, 4.69) is 22.4 Å². The number of oxazole rings is 1. The Balaban J connectivity index is 1.84. The van der Waals surface area contributed by atoms with Crippen molar-refractivity contribution in [1.29, 1.82) is 0 Å². The van der Waals surface area contributed by atoms with E-state index in [4.69, 9.17) is 4.42 Å². The molecule has 0 aliphatic carbocycles. The Morgan fingerprint density at radius 2 is 2.10 bits per heavy atom. The Bertz CT molecular complexity index is 781. The molecular weight excluding hydrogens is 255 g/mol. The van der Waals surface area contributed by atoms with Gasteiger partial charge in [0.05, 0.1) is 0 Å². The van der Waals surface area contributed by atoms with Gasteiger partial charge in [-0.15, -0.1) is 0 Å². The predicted octanol–water partition coefficient (Wildman–Crippen LogP) is 3.20. The smallest absolute Gasteiger partial charge is 0.217 e. The number of nitrogens with one attached hydrogen (secondary N) is 1. The highest BCUT2D eigenvalue weighted by atomic mass is 19.1. The van der Waals surface area contributed by atoms with E-state index in [0.717, 1.165) is 13.0 Å². The van der Waals surface area contributed by atoms with Crippen molar-refractivity contribution in [2.75, 3.05) is 6.54 Å². The molecule has 1 unspecified atom stereocenters. The first-order chi connectivity index (χ1) is 9.81. The van der Waals surface area contributed by atoms with Gasteiger partial charge >= 0.3 is 0 Å². The molecule has 0 bridgehead atoms. The van der Waals surface area contributed by atoms with Crippen LogP contribution in [0.3, 0.4) is 0 Å². The molecule has 0 amide bonds. The van der Waals surface area contributed by atoms with E-state index in [1.807, 2.05) is 12.1 Å². The quantitative estimate of drug-likeness (QED) is 0.736. The molecule has 1 aliphatic rings. The number of rotatable bonds is 1. The fourth-order valence-electron chi connectivity index (χ4n) is 2.76. The molecule has 3 aromatic rings. The lowest BCUT2D eigenvalue weighted by Crippen LogP contribution is -2.30. The molecule has 4 heteroatoms. The van der Waals surface area contributed by atoms with Gasteiger partial charge in [0.15, 0.2) is 5.58 Å². The minimum Gasteiger partial charge on any atom is -0.438 e. The molecule has 0 saturated heterocycles. The first-order valence-corrected chi connectivity index (χ1v) is 6.68. The number of halogens is 1. The molecule has 1 atom stereocenters. The minimum atomic E-state index is -0.308. The molecule has 1 aromatic heterocycles. The van der Waals surface area contributed by atoms with Crippen LogP contribution in [0.2, 0.25) is 0 Å². The number of benzene rings is 2. The van der Waals surface area contributed by atoms with Crippen molar-refractivity contribution in [1.82, 2.24) is 10.3 Å². The summed E-state index contributed by atoms with van der Waals surface area (Å²) in [5, 5.41) is 3.42. The van der Waals surface area contributed by atoms with Crippen molar-refractivity contribution >= 4 is 11.1 Å². The summed E-state index contributed by atoms with van der Waals surface area (Å²) >= 11 is 0. The zero-order valence-electron chi connectivity index (χ0n) is 10.8. The van der Waals surface area contributed by atoms with Gasteiger partial charge in [-0.2, -0.15) is 0 Å². The van der Waals surface area contributed by atoms with Crippen molar-refractivity contribution < 1.29 is 8.81 Å². The summed E-state index contributed by atoms with van der Waals surface area (Å²) in [4.78, 5) is 4.48. The molecule has 0 radical (unpaired) electrons. The van der Waals surface area contributed by atoms with E-state index in [1.54, 1.807) is 6.07 Å². The van der Waals surface area contributed by atoms with Gasteiger partial charge in [0.25, 0.3) is 0 Å². The second-order valence-corrected chi connectivity index (χ2v) is 5.00. The summed E-state index contributed by atoms with van der Waals surface area (Å²) < 4.78 is 19.0. The van der Waals surface area contributed by atoms with Crippen LogP contribution < -0.4 is 5.32 Å². The first kappa shape index (κ1) is 11.6. The molecule has 4 rings (SSSR count). The molecule has 0 spiro atoms. The third kappa shape index (κ3) is 1.80. The van der Waals surface area contributed by atoms with Crippen LogP contribution in [0.1, 0.15) is 23.1 Å². The van der Waals surface area contributed by atoms with Gasteiger partial charge < -0.3 is 9.73 Å². The summed E-state index contributed by atoms with van der Waals surface area (Å²) in [6, 6.07) is 12.6. The number of nitrogens with zero attached hydrogens (tertiary/aromatic N) is 1. The average molecular weight is 268 g/mol. The SMILES string of the molecule is Fc1ccc2nc(C3NCCc4ccccc43)oc2c1. The Kier molecular flexibility index (Phi) is 2.57. The van der Waals surface area contributed by atoms with Crippen LogP contribution in [0.25, 0.3) is 11.1 Å². The molecular formula is C16H13FN2O. The largest absolute Gasteiger partial charge is 0.438 e. The van der Waals surface area contributed by atoms with Crippen molar-refractivity contribution in [3.63, 3.8) is 0 Å². The van der Waals surface area contributed by atoms with Crippen LogP contribution in [0.15, 0.2) is 46.9 Å². The predicted molar refractivity (Wildman–Crippen MR) is 74.0 cm³/mol. The van der Waals surface area contributed by atoms with Crippen molar-refractivity contribution in [2.24, 2.45) is 0 Å². The summed E-state index contributed by atoms with van der Waals surface area (Å²) in [7, 11) is 0. The van der Waals surface area contributed by atoms with Crippen LogP contribution in [-0.4, -0.2) is 11.5 Å². The highest BCUT2D eigenvalue weighted by Crippen LogP contribution is 2.30. The molecule has 3 nitrogen and oxygen atoms in total. The van der Waals surface area contributed by atoms with Crippen LogP contribution in [-0.2, 0) is 6.42 Å². The van der Waals surface area contributed by atoms with Gasteiger partial charge in [-0.25, -0.2) is 9.37 Å². The maximum atomic E-state index is 13.2. The first-order valence-electron chi connectivity index (χ1n) is 6.68. The van der Waals surface area contributed by atoms with E-state index >= 15 is 0 Å². The average Bonchev–Trinajstić information content (AvgIpc) is 2.89. The Morgan fingerprint density at radius 1 is 1.20 bits per heavy atom. The molecule has 2 aromatic carbocycles. The third-order valence-corrected chi connectivity index (χ3v) is 3.72. The molecule has 100 valence electrons. The highest BCUT2D eigenvalue weighted by molar-refractivity contribution is 5.72. The molecule has 1 N–H and O–H groups in total. The maximum absolute atomic E-state index is 13.2. The third-order valence-electron chi connectivity index (χ3n) is 3.72. The number of hydrogen-bond donors (Lipinski definition) is 1. The highest BCUT2D eigenvalue weighted by Gasteiger charge is 2.25. The molecule has 0 fully saturated rings. The molecule has 1 aliphatic heterocycles. The van der Waals surface area contributed by atoms with Crippen LogP contribution in [0, 0.1) is 5.82 Å². The van der Waals surface area contributed by atoms with E-state index in [-0.39, 0.29) is 11.9 Å². The van der Waals surface area contributed by atoms with Crippen LogP contribution in [0.5, 0.6) is 0 Å².